The molecule has 0 bridgehead atoms. The lowest BCUT2D eigenvalue weighted by Gasteiger charge is -2.13. The normalized spacial score (nSPS) is 18.2. The summed E-state index contributed by atoms with van der Waals surface area (Å²) in [5, 5.41) is 18.6. The predicted octanol–water partition coefficient (Wildman–Crippen LogP) is 2.20. The third-order valence-corrected chi connectivity index (χ3v) is 4.51. The van der Waals surface area contributed by atoms with Gasteiger partial charge in [0.25, 0.3) is 0 Å². The number of imidazole rings is 1. The van der Waals surface area contributed by atoms with Crippen LogP contribution in [0.1, 0.15) is 21.7 Å². The lowest BCUT2D eigenvalue weighted by atomic mass is 9.89. The molecule has 2 aliphatic heterocycles. The van der Waals surface area contributed by atoms with Crippen LogP contribution in [0.4, 0.5) is 0 Å². The van der Waals surface area contributed by atoms with Crippen molar-refractivity contribution in [1.82, 2.24) is 9.55 Å². The highest BCUT2D eigenvalue weighted by Crippen LogP contribution is 2.33. The SMILES string of the molecule is COCC1=NN=C2c3cc(Cl)ccc3-n3cnc(C(=O)O)c3CC12. The van der Waals surface area contributed by atoms with Gasteiger partial charge in [0.15, 0.2) is 5.69 Å². The molecule has 3 heterocycles. The van der Waals surface area contributed by atoms with Gasteiger partial charge in [-0.05, 0) is 18.2 Å². The minimum atomic E-state index is -1.05. The molecule has 2 aliphatic rings. The molecule has 0 aliphatic carbocycles. The summed E-state index contributed by atoms with van der Waals surface area (Å²) in [4.78, 5) is 15.6. The van der Waals surface area contributed by atoms with Crippen LogP contribution < -0.4 is 0 Å². The second-order valence-corrected chi connectivity index (χ2v) is 6.08. The molecular formula is C16H13ClN4O3. The fourth-order valence-corrected chi connectivity index (χ4v) is 3.39. The third kappa shape index (κ3) is 2.16. The van der Waals surface area contributed by atoms with Crippen LogP contribution in [0.5, 0.6) is 0 Å². The molecule has 7 nitrogen and oxygen atoms in total. The molecule has 1 N–H and O–H groups in total. The van der Waals surface area contributed by atoms with Crippen LogP contribution in [0.15, 0.2) is 34.7 Å². The highest BCUT2D eigenvalue weighted by atomic mass is 35.5. The molecule has 1 unspecified atom stereocenters. The van der Waals surface area contributed by atoms with E-state index < -0.39 is 5.97 Å². The number of hydrogen-bond acceptors (Lipinski definition) is 5. The molecule has 0 saturated carbocycles. The van der Waals surface area contributed by atoms with Crippen molar-refractivity contribution in [3.8, 4) is 5.69 Å². The van der Waals surface area contributed by atoms with Crippen molar-refractivity contribution in [2.24, 2.45) is 16.1 Å². The fraction of sp³-hybridized carbons (Fsp3) is 0.250. The van der Waals surface area contributed by atoms with Crippen molar-refractivity contribution in [2.75, 3.05) is 13.7 Å². The summed E-state index contributed by atoms with van der Waals surface area (Å²) in [6, 6.07) is 5.43. The molecule has 0 amide bonds. The van der Waals surface area contributed by atoms with Gasteiger partial charge in [0.05, 0.1) is 35.3 Å². The van der Waals surface area contributed by atoms with Gasteiger partial charge in [-0.25, -0.2) is 9.78 Å². The van der Waals surface area contributed by atoms with Crippen molar-refractivity contribution < 1.29 is 14.6 Å². The van der Waals surface area contributed by atoms with Gasteiger partial charge in [-0.15, -0.1) is 0 Å². The first-order chi connectivity index (χ1) is 11.6. The van der Waals surface area contributed by atoms with Crippen LogP contribution >= 0.6 is 11.6 Å². The molecule has 4 rings (SSSR count). The highest BCUT2D eigenvalue weighted by Gasteiger charge is 2.36. The van der Waals surface area contributed by atoms with Crippen LogP contribution in [0.25, 0.3) is 5.69 Å². The minimum absolute atomic E-state index is 0.0424. The zero-order chi connectivity index (χ0) is 16.8. The van der Waals surface area contributed by atoms with Crippen LogP contribution in [-0.2, 0) is 11.2 Å². The molecule has 1 atom stereocenters. The number of benzene rings is 1. The Hall–Kier alpha value is -2.51. The Morgan fingerprint density at radius 2 is 2.29 bits per heavy atom. The zero-order valence-electron chi connectivity index (χ0n) is 12.7. The number of carbonyl (C=O) groups is 1. The van der Waals surface area contributed by atoms with Crippen molar-refractivity contribution in [2.45, 2.75) is 6.42 Å². The summed E-state index contributed by atoms with van der Waals surface area (Å²) in [6.45, 7) is 0.337. The van der Waals surface area contributed by atoms with Gasteiger partial charge in [0.2, 0.25) is 0 Å². The van der Waals surface area contributed by atoms with Crippen molar-refractivity contribution >= 4 is 29.0 Å². The van der Waals surface area contributed by atoms with E-state index >= 15 is 0 Å². The van der Waals surface area contributed by atoms with E-state index in [0.29, 0.717) is 23.7 Å². The third-order valence-electron chi connectivity index (χ3n) is 4.27. The van der Waals surface area contributed by atoms with Crippen LogP contribution in [0.2, 0.25) is 5.02 Å². The maximum absolute atomic E-state index is 11.5. The number of halogens is 1. The lowest BCUT2D eigenvalue weighted by Crippen LogP contribution is -2.26. The molecule has 0 fully saturated rings. The standard InChI is InChI=1S/C16H13ClN4O3/c1-24-6-11-9-5-13-15(16(22)23)18-7-21(13)12-3-2-8(17)4-10(12)14(9)20-19-11/h2-4,7,9H,5-6H2,1H3,(H,22,23). The summed E-state index contributed by atoms with van der Waals surface area (Å²) in [5.74, 6) is -1.21. The number of ether oxygens (including phenoxy) is 1. The number of hydrogen-bond donors (Lipinski definition) is 1. The Morgan fingerprint density at radius 3 is 3.04 bits per heavy atom. The zero-order valence-corrected chi connectivity index (χ0v) is 13.5. The first-order valence-corrected chi connectivity index (χ1v) is 7.71. The van der Waals surface area contributed by atoms with Crippen molar-refractivity contribution in [1.29, 1.82) is 0 Å². The number of aromatic nitrogens is 2. The number of fused-ring (bicyclic) bond motifs is 5. The number of carboxylic acid groups (broad SMARTS) is 1. The number of methoxy groups -OCH3 is 1. The van der Waals surface area contributed by atoms with E-state index in [4.69, 9.17) is 16.3 Å². The van der Waals surface area contributed by atoms with Gasteiger partial charge >= 0.3 is 5.97 Å². The second kappa shape index (κ2) is 5.54. The van der Waals surface area contributed by atoms with Crippen LogP contribution in [0.3, 0.4) is 0 Å². The number of aromatic carboxylic acids is 1. The van der Waals surface area contributed by atoms with Crippen LogP contribution in [0, 0.1) is 5.92 Å². The summed E-state index contributed by atoms with van der Waals surface area (Å²) in [7, 11) is 1.59. The van der Waals surface area contributed by atoms with E-state index in [-0.39, 0.29) is 11.6 Å². The minimum Gasteiger partial charge on any atom is -0.476 e. The smallest absolute Gasteiger partial charge is 0.356 e. The second-order valence-electron chi connectivity index (χ2n) is 5.64. The Balaban J connectivity index is 1.95. The van der Waals surface area contributed by atoms with Gasteiger partial charge in [0, 0.05) is 24.1 Å². The summed E-state index contributed by atoms with van der Waals surface area (Å²) in [5.41, 5.74) is 3.83. The van der Waals surface area contributed by atoms with Gasteiger partial charge in [0.1, 0.15) is 6.33 Å². The Bertz CT molecular complexity index is 916. The highest BCUT2D eigenvalue weighted by molar-refractivity contribution is 6.31. The first kappa shape index (κ1) is 15.0. The van der Waals surface area contributed by atoms with E-state index in [2.05, 4.69) is 15.2 Å². The average Bonchev–Trinajstić information content (AvgIpc) is 3.10. The van der Waals surface area contributed by atoms with E-state index in [0.717, 1.165) is 22.7 Å². The molecule has 0 spiro atoms. The van der Waals surface area contributed by atoms with Gasteiger partial charge in [-0.1, -0.05) is 11.6 Å². The quantitative estimate of drug-likeness (QED) is 0.924. The average molecular weight is 345 g/mol. The van der Waals surface area contributed by atoms with E-state index in [1.54, 1.807) is 17.7 Å². The number of nitrogens with zero attached hydrogens (tertiary/aromatic N) is 4. The van der Waals surface area contributed by atoms with Gasteiger partial charge in [-0.3, -0.25) is 0 Å². The first-order valence-electron chi connectivity index (χ1n) is 7.33. The predicted molar refractivity (Wildman–Crippen MR) is 88.6 cm³/mol. The molecule has 0 radical (unpaired) electrons. The Labute approximate surface area is 142 Å². The number of carboxylic acids is 1. The Kier molecular flexibility index (Phi) is 3.47. The molecule has 2 aromatic rings. The summed E-state index contributed by atoms with van der Waals surface area (Å²) >= 11 is 6.16. The fourth-order valence-electron chi connectivity index (χ4n) is 3.22. The van der Waals surface area contributed by atoms with Gasteiger partial charge in [-0.2, -0.15) is 10.2 Å². The summed E-state index contributed by atoms with van der Waals surface area (Å²) < 4.78 is 7.00. The molecule has 1 aromatic heterocycles. The van der Waals surface area contributed by atoms with Crippen molar-refractivity contribution in [3.63, 3.8) is 0 Å². The maximum Gasteiger partial charge on any atom is 0.356 e. The molecule has 1 aromatic carbocycles. The van der Waals surface area contributed by atoms with E-state index in [1.165, 1.54) is 6.33 Å². The molecular weight excluding hydrogens is 332 g/mol. The molecule has 24 heavy (non-hydrogen) atoms. The molecule has 122 valence electrons. The lowest BCUT2D eigenvalue weighted by molar-refractivity contribution is 0.0689. The molecule has 8 heteroatoms. The topological polar surface area (TPSA) is 89.1 Å². The van der Waals surface area contributed by atoms with E-state index in [1.807, 2.05) is 12.1 Å². The van der Waals surface area contributed by atoms with Crippen LogP contribution in [-0.4, -0.2) is 45.8 Å². The van der Waals surface area contributed by atoms with Gasteiger partial charge < -0.3 is 14.4 Å². The largest absolute Gasteiger partial charge is 0.476 e. The molecule has 0 saturated heterocycles. The maximum atomic E-state index is 11.5. The summed E-state index contributed by atoms with van der Waals surface area (Å²) in [6.07, 6.45) is 1.97. The monoisotopic (exact) mass is 344 g/mol. The van der Waals surface area contributed by atoms with E-state index in [9.17, 15) is 9.90 Å². The number of rotatable bonds is 3. The van der Waals surface area contributed by atoms with Crippen molar-refractivity contribution in [3.05, 3.63) is 46.5 Å². The Morgan fingerprint density at radius 1 is 1.46 bits per heavy atom.